The zero-order chi connectivity index (χ0) is 13.3. The molecule has 0 amide bonds. The summed E-state index contributed by atoms with van der Waals surface area (Å²) in [6.07, 6.45) is 2.31. The van der Waals surface area contributed by atoms with Crippen LogP contribution in [0.5, 0.6) is 0 Å². The first kappa shape index (κ1) is 13.1. The Balaban J connectivity index is 1.95. The molecular weight excluding hydrogens is 232 g/mol. The molecule has 0 saturated carbocycles. The molecule has 0 N–H and O–H groups in total. The summed E-state index contributed by atoms with van der Waals surface area (Å²) in [4.78, 5) is 12.0. The van der Waals surface area contributed by atoms with E-state index in [9.17, 15) is 4.79 Å². The Hall–Kier alpha value is -1.36. The lowest BCUT2D eigenvalue weighted by Gasteiger charge is -2.11. The van der Waals surface area contributed by atoms with Gasteiger partial charge < -0.3 is 9.47 Å². The Morgan fingerprint density at radius 2 is 2.22 bits per heavy atom. The molecule has 1 fully saturated rings. The van der Waals surface area contributed by atoms with Crippen LogP contribution in [-0.4, -0.2) is 34.6 Å². The Labute approximate surface area is 107 Å². The fourth-order valence-electron chi connectivity index (χ4n) is 2.32. The number of nitrogens with zero attached hydrogens (tertiary/aromatic N) is 2. The van der Waals surface area contributed by atoms with E-state index in [1.165, 1.54) is 0 Å². The number of carbonyl (C=O) groups excluding carboxylic acids is 1. The van der Waals surface area contributed by atoms with E-state index in [4.69, 9.17) is 9.47 Å². The van der Waals surface area contributed by atoms with Crippen molar-refractivity contribution in [3.8, 4) is 0 Å². The fraction of sp³-hybridized carbons (Fsp3) is 0.692. The van der Waals surface area contributed by atoms with E-state index in [2.05, 4.69) is 5.10 Å². The number of rotatable bonds is 3. The molecule has 1 aromatic rings. The molecule has 0 spiro atoms. The lowest BCUT2D eigenvalue weighted by Crippen LogP contribution is -2.19. The Morgan fingerprint density at radius 1 is 1.50 bits per heavy atom. The van der Waals surface area contributed by atoms with E-state index in [0.717, 1.165) is 18.5 Å². The number of carbonyl (C=O) groups is 1. The van der Waals surface area contributed by atoms with Gasteiger partial charge in [-0.15, -0.1) is 0 Å². The van der Waals surface area contributed by atoms with Crippen LogP contribution in [0.2, 0.25) is 0 Å². The molecule has 1 aromatic heterocycles. The smallest absolute Gasteiger partial charge is 0.341 e. The first-order chi connectivity index (χ1) is 8.49. The van der Waals surface area contributed by atoms with Crippen molar-refractivity contribution in [1.82, 2.24) is 9.78 Å². The normalized spacial score (nSPS) is 23.3. The van der Waals surface area contributed by atoms with Gasteiger partial charge in [-0.25, -0.2) is 4.79 Å². The van der Waals surface area contributed by atoms with Crippen LogP contribution >= 0.6 is 0 Å². The van der Waals surface area contributed by atoms with Gasteiger partial charge in [-0.3, -0.25) is 4.68 Å². The maximum Gasteiger partial charge on any atom is 0.341 e. The van der Waals surface area contributed by atoms with Gasteiger partial charge in [0.1, 0.15) is 12.2 Å². The van der Waals surface area contributed by atoms with Gasteiger partial charge in [-0.2, -0.15) is 5.10 Å². The van der Waals surface area contributed by atoms with E-state index in [1.807, 2.05) is 27.8 Å². The molecule has 1 saturated heterocycles. The van der Waals surface area contributed by atoms with E-state index in [0.29, 0.717) is 17.9 Å². The SMILES string of the molecule is Cc1nn(C)c(C)c1C(=O)OC[C@@H]1CC[C@H](C)O1. The summed E-state index contributed by atoms with van der Waals surface area (Å²) in [7, 11) is 1.82. The molecule has 5 nitrogen and oxygen atoms in total. The zero-order valence-corrected chi connectivity index (χ0v) is 11.4. The van der Waals surface area contributed by atoms with Crippen LogP contribution in [0, 0.1) is 13.8 Å². The molecular formula is C13H20N2O3. The predicted octanol–water partition coefficient (Wildman–Crippen LogP) is 1.76. The summed E-state index contributed by atoms with van der Waals surface area (Å²) in [6, 6.07) is 0. The standard InChI is InChI=1S/C13H20N2O3/c1-8-5-6-11(18-8)7-17-13(16)12-9(2)14-15(4)10(12)3/h8,11H,5-7H2,1-4H3/t8-,11-/m0/s1. The number of aryl methyl sites for hydroxylation is 2. The molecule has 2 heterocycles. The number of hydrogen-bond donors (Lipinski definition) is 0. The minimum Gasteiger partial charge on any atom is -0.459 e. The van der Waals surface area contributed by atoms with Crippen molar-refractivity contribution in [2.24, 2.45) is 7.05 Å². The van der Waals surface area contributed by atoms with Crippen LogP contribution in [0.15, 0.2) is 0 Å². The van der Waals surface area contributed by atoms with Gasteiger partial charge in [-0.05, 0) is 33.6 Å². The summed E-state index contributed by atoms with van der Waals surface area (Å²) in [6.45, 7) is 6.05. The summed E-state index contributed by atoms with van der Waals surface area (Å²) in [5.41, 5.74) is 2.11. The van der Waals surface area contributed by atoms with Gasteiger partial charge in [0.2, 0.25) is 0 Å². The molecule has 0 aliphatic carbocycles. The first-order valence-electron chi connectivity index (χ1n) is 6.31. The molecule has 1 aliphatic heterocycles. The van der Waals surface area contributed by atoms with Crippen LogP contribution in [0.1, 0.15) is 41.5 Å². The Kier molecular flexibility index (Phi) is 3.71. The van der Waals surface area contributed by atoms with Crippen molar-refractivity contribution in [2.75, 3.05) is 6.61 Å². The van der Waals surface area contributed by atoms with Crippen LogP contribution in [0.25, 0.3) is 0 Å². The maximum atomic E-state index is 12.0. The second-order valence-electron chi connectivity index (χ2n) is 4.91. The van der Waals surface area contributed by atoms with E-state index in [-0.39, 0.29) is 18.2 Å². The largest absolute Gasteiger partial charge is 0.459 e. The van der Waals surface area contributed by atoms with Gasteiger partial charge in [0.15, 0.2) is 0 Å². The van der Waals surface area contributed by atoms with Gasteiger partial charge in [0, 0.05) is 12.7 Å². The van der Waals surface area contributed by atoms with Crippen molar-refractivity contribution in [3.05, 3.63) is 17.0 Å². The minimum atomic E-state index is -0.304. The quantitative estimate of drug-likeness (QED) is 0.769. The molecule has 0 unspecified atom stereocenters. The molecule has 2 atom stereocenters. The minimum absolute atomic E-state index is 0.0428. The highest BCUT2D eigenvalue weighted by atomic mass is 16.6. The summed E-state index contributed by atoms with van der Waals surface area (Å²) >= 11 is 0. The maximum absolute atomic E-state index is 12.0. The van der Waals surface area contributed by atoms with Crippen molar-refractivity contribution in [1.29, 1.82) is 0 Å². The summed E-state index contributed by atoms with van der Waals surface area (Å²) < 4.78 is 12.6. The molecule has 1 aliphatic rings. The van der Waals surface area contributed by atoms with Gasteiger partial charge in [0.25, 0.3) is 0 Å². The van der Waals surface area contributed by atoms with Crippen molar-refractivity contribution in [2.45, 2.75) is 45.8 Å². The Morgan fingerprint density at radius 3 is 2.72 bits per heavy atom. The summed E-state index contributed by atoms with van der Waals surface area (Å²) in [5, 5.41) is 4.21. The molecule has 2 rings (SSSR count). The molecule has 0 bridgehead atoms. The second-order valence-corrected chi connectivity index (χ2v) is 4.91. The highest BCUT2D eigenvalue weighted by molar-refractivity contribution is 5.91. The molecule has 100 valence electrons. The van der Waals surface area contributed by atoms with Crippen LogP contribution in [-0.2, 0) is 16.5 Å². The number of aromatic nitrogens is 2. The molecule has 5 heteroatoms. The van der Waals surface area contributed by atoms with Gasteiger partial charge in [-0.1, -0.05) is 0 Å². The van der Waals surface area contributed by atoms with Gasteiger partial charge >= 0.3 is 5.97 Å². The topological polar surface area (TPSA) is 53.4 Å². The first-order valence-corrected chi connectivity index (χ1v) is 6.31. The third kappa shape index (κ3) is 2.56. The number of ether oxygens (including phenoxy) is 2. The van der Waals surface area contributed by atoms with Crippen LogP contribution in [0.4, 0.5) is 0 Å². The Bertz CT molecular complexity index is 453. The third-order valence-electron chi connectivity index (χ3n) is 3.43. The van der Waals surface area contributed by atoms with Crippen LogP contribution in [0.3, 0.4) is 0 Å². The zero-order valence-electron chi connectivity index (χ0n) is 11.4. The molecule has 0 radical (unpaired) electrons. The van der Waals surface area contributed by atoms with Crippen molar-refractivity contribution >= 4 is 5.97 Å². The fourth-order valence-corrected chi connectivity index (χ4v) is 2.32. The third-order valence-corrected chi connectivity index (χ3v) is 3.43. The predicted molar refractivity (Wildman–Crippen MR) is 66.5 cm³/mol. The van der Waals surface area contributed by atoms with E-state index < -0.39 is 0 Å². The number of esters is 1. The highest BCUT2D eigenvalue weighted by Crippen LogP contribution is 2.20. The lowest BCUT2D eigenvalue weighted by atomic mass is 10.2. The molecule has 0 aromatic carbocycles. The highest BCUT2D eigenvalue weighted by Gasteiger charge is 2.25. The van der Waals surface area contributed by atoms with Crippen molar-refractivity contribution < 1.29 is 14.3 Å². The number of hydrogen-bond acceptors (Lipinski definition) is 4. The average molecular weight is 252 g/mol. The lowest BCUT2D eigenvalue weighted by molar-refractivity contribution is -0.00275. The monoisotopic (exact) mass is 252 g/mol. The van der Waals surface area contributed by atoms with Gasteiger partial charge in [0.05, 0.1) is 17.9 Å². The van der Waals surface area contributed by atoms with Crippen LogP contribution < -0.4 is 0 Å². The van der Waals surface area contributed by atoms with Crippen molar-refractivity contribution in [3.63, 3.8) is 0 Å². The second kappa shape index (κ2) is 5.10. The van der Waals surface area contributed by atoms with E-state index >= 15 is 0 Å². The molecule has 18 heavy (non-hydrogen) atoms. The summed E-state index contributed by atoms with van der Waals surface area (Å²) in [5.74, 6) is -0.304. The van der Waals surface area contributed by atoms with E-state index in [1.54, 1.807) is 4.68 Å². The average Bonchev–Trinajstić information content (AvgIpc) is 2.82.